The number of rotatable bonds is 4. The van der Waals surface area contributed by atoms with Crippen LogP contribution in [0.2, 0.25) is 0 Å². The highest BCUT2D eigenvalue weighted by Gasteiger charge is 2.04. The first-order valence-electron chi connectivity index (χ1n) is 5.63. The molecule has 0 atom stereocenters. The van der Waals surface area contributed by atoms with E-state index in [0.29, 0.717) is 0 Å². The van der Waals surface area contributed by atoms with Gasteiger partial charge in [0.25, 0.3) is 0 Å². The summed E-state index contributed by atoms with van der Waals surface area (Å²) in [4.78, 5) is 0. The Labute approximate surface area is 120 Å². The molecule has 0 fully saturated rings. The summed E-state index contributed by atoms with van der Waals surface area (Å²) in [5.41, 5.74) is 2.87. The third-order valence-corrected chi connectivity index (χ3v) is 3.72. The van der Waals surface area contributed by atoms with Gasteiger partial charge in [-0.3, -0.25) is 0 Å². The lowest BCUT2D eigenvalue weighted by atomic mass is 10.1. The van der Waals surface area contributed by atoms with Crippen LogP contribution in [0.4, 0.5) is 5.69 Å². The Morgan fingerprint density at radius 3 is 2.50 bits per heavy atom. The largest absolute Gasteiger partial charge is 0.508 e. The van der Waals surface area contributed by atoms with E-state index in [1.807, 2.05) is 36.4 Å². The van der Waals surface area contributed by atoms with Gasteiger partial charge >= 0.3 is 0 Å². The van der Waals surface area contributed by atoms with E-state index in [9.17, 15) is 5.11 Å². The van der Waals surface area contributed by atoms with E-state index in [1.54, 1.807) is 0 Å². The van der Waals surface area contributed by atoms with Crippen LogP contribution in [-0.4, -0.2) is 5.11 Å². The SMILES string of the molecule is C=C(O)c1ccccc1NCc1ccccc1I. The van der Waals surface area contributed by atoms with Gasteiger partial charge in [-0.15, -0.1) is 0 Å². The quantitative estimate of drug-likeness (QED) is 0.631. The zero-order valence-electron chi connectivity index (χ0n) is 9.86. The Morgan fingerprint density at radius 2 is 1.78 bits per heavy atom. The van der Waals surface area contributed by atoms with Gasteiger partial charge in [-0.1, -0.05) is 36.9 Å². The number of para-hydroxylation sites is 1. The average molecular weight is 351 g/mol. The van der Waals surface area contributed by atoms with Crippen LogP contribution in [0.3, 0.4) is 0 Å². The maximum atomic E-state index is 9.52. The number of hydrogen-bond acceptors (Lipinski definition) is 2. The molecule has 92 valence electrons. The highest BCUT2D eigenvalue weighted by Crippen LogP contribution is 2.22. The summed E-state index contributed by atoms with van der Waals surface area (Å²) in [6.45, 7) is 4.30. The molecule has 0 bridgehead atoms. The van der Waals surface area contributed by atoms with E-state index in [-0.39, 0.29) is 5.76 Å². The summed E-state index contributed by atoms with van der Waals surface area (Å²) in [5, 5.41) is 12.8. The van der Waals surface area contributed by atoms with Crippen LogP contribution < -0.4 is 5.32 Å². The molecule has 0 amide bonds. The molecule has 18 heavy (non-hydrogen) atoms. The van der Waals surface area contributed by atoms with Crippen molar-refractivity contribution < 1.29 is 5.11 Å². The summed E-state index contributed by atoms with van der Waals surface area (Å²) in [7, 11) is 0. The number of halogens is 1. The molecule has 2 rings (SSSR count). The minimum absolute atomic E-state index is 0.0841. The molecule has 0 aliphatic rings. The molecule has 0 aliphatic carbocycles. The van der Waals surface area contributed by atoms with Crippen LogP contribution in [0.1, 0.15) is 11.1 Å². The molecule has 0 radical (unpaired) electrons. The van der Waals surface area contributed by atoms with E-state index in [1.165, 1.54) is 9.13 Å². The molecular weight excluding hydrogens is 337 g/mol. The summed E-state index contributed by atoms with van der Waals surface area (Å²) < 4.78 is 1.22. The molecule has 0 spiro atoms. The highest BCUT2D eigenvalue weighted by molar-refractivity contribution is 14.1. The fraction of sp³-hybridized carbons (Fsp3) is 0.0667. The second-order valence-electron chi connectivity index (χ2n) is 3.94. The van der Waals surface area contributed by atoms with Gasteiger partial charge in [0, 0.05) is 21.4 Å². The lowest BCUT2D eigenvalue weighted by Gasteiger charge is -2.12. The van der Waals surface area contributed by atoms with Gasteiger partial charge < -0.3 is 10.4 Å². The average Bonchev–Trinajstić information content (AvgIpc) is 2.38. The van der Waals surface area contributed by atoms with Crippen LogP contribution in [0.25, 0.3) is 5.76 Å². The molecule has 2 aromatic rings. The molecule has 0 aliphatic heterocycles. The van der Waals surface area contributed by atoms with Gasteiger partial charge in [0.2, 0.25) is 0 Å². The molecule has 2 N–H and O–H groups in total. The number of benzene rings is 2. The van der Waals surface area contributed by atoms with Crippen LogP contribution >= 0.6 is 22.6 Å². The summed E-state index contributed by atoms with van der Waals surface area (Å²) in [5.74, 6) is 0.0841. The van der Waals surface area contributed by atoms with E-state index in [0.717, 1.165) is 17.8 Å². The minimum atomic E-state index is 0.0841. The maximum Gasteiger partial charge on any atom is 0.117 e. The smallest absolute Gasteiger partial charge is 0.117 e. The number of aliphatic hydroxyl groups is 1. The van der Waals surface area contributed by atoms with Crippen molar-refractivity contribution in [2.45, 2.75) is 6.54 Å². The Bertz CT molecular complexity index is 566. The van der Waals surface area contributed by atoms with E-state index >= 15 is 0 Å². The third-order valence-electron chi connectivity index (χ3n) is 2.67. The summed E-state index contributed by atoms with van der Waals surface area (Å²) in [6, 6.07) is 15.8. The summed E-state index contributed by atoms with van der Waals surface area (Å²) in [6.07, 6.45) is 0. The lowest BCUT2D eigenvalue weighted by molar-refractivity contribution is 0.514. The van der Waals surface area contributed by atoms with Crippen molar-refractivity contribution in [3.63, 3.8) is 0 Å². The van der Waals surface area contributed by atoms with Gasteiger partial charge in [0.1, 0.15) is 5.76 Å². The fourth-order valence-electron chi connectivity index (χ4n) is 1.72. The third kappa shape index (κ3) is 3.04. The van der Waals surface area contributed by atoms with Crippen molar-refractivity contribution in [1.82, 2.24) is 0 Å². The van der Waals surface area contributed by atoms with Gasteiger partial charge in [0.15, 0.2) is 0 Å². The molecular formula is C15H14INO. The van der Waals surface area contributed by atoms with Gasteiger partial charge in [-0.25, -0.2) is 0 Å². The first-order valence-corrected chi connectivity index (χ1v) is 6.71. The predicted molar refractivity (Wildman–Crippen MR) is 84.6 cm³/mol. The predicted octanol–water partition coefficient (Wildman–Crippen LogP) is 4.43. The topological polar surface area (TPSA) is 32.3 Å². The summed E-state index contributed by atoms with van der Waals surface area (Å²) >= 11 is 2.32. The Hall–Kier alpha value is -1.49. The second-order valence-corrected chi connectivity index (χ2v) is 5.10. The van der Waals surface area contributed by atoms with Gasteiger partial charge in [-0.05, 0) is 46.4 Å². The van der Waals surface area contributed by atoms with Crippen LogP contribution in [-0.2, 0) is 6.54 Å². The number of anilines is 1. The van der Waals surface area contributed by atoms with E-state index in [4.69, 9.17) is 0 Å². The van der Waals surface area contributed by atoms with E-state index in [2.05, 4.69) is 46.6 Å². The number of nitrogens with one attached hydrogen (secondary N) is 1. The first-order chi connectivity index (χ1) is 8.68. The van der Waals surface area contributed by atoms with Crippen LogP contribution in [0.15, 0.2) is 55.1 Å². The fourth-order valence-corrected chi connectivity index (χ4v) is 2.30. The molecule has 3 heteroatoms. The first kappa shape index (κ1) is 13.0. The zero-order valence-corrected chi connectivity index (χ0v) is 12.0. The van der Waals surface area contributed by atoms with Crippen molar-refractivity contribution in [2.24, 2.45) is 0 Å². The molecule has 2 nitrogen and oxygen atoms in total. The Balaban J connectivity index is 2.16. The van der Waals surface area contributed by atoms with E-state index < -0.39 is 0 Å². The van der Waals surface area contributed by atoms with Crippen molar-refractivity contribution in [1.29, 1.82) is 0 Å². The Morgan fingerprint density at radius 1 is 1.11 bits per heavy atom. The molecule has 0 unspecified atom stereocenters. The van der Waals surface area contributed by atoms with Crippen molar-refractivity contribution in [3.8, 4) is 0 Å². The molecule has 0 saturated carbocycles. The lowest BCUT2D eigenvalue weighted by Crippen LogP contribution is -2.03. The highest BCUT2D eigenvalue weighted by atomic mass is 127. The molecule has 0 saturated heterocycles. The van der Waals surface area contributed by atoms with Crippen molar-refractivity contribution in [3.05, 3.63) is 69.8 Å². The maximum absolute atomic E-state index is 9.52. The molecule has 0 heterocycles. The molecule has 0 aromatic heterocycles. The monoisotopic (exact) mass is 351 g/mol. The van der Waals surface area contributed by atoms with Gasteiger partial charge in [-0.2, -0.15) is 0 Å². The standard InChI is InChI=1S/C15H14INO/c1-11(18)13-7-3-5-9-15(13)17-10-12-6-2-4-8-14(12)16/h2-9,17-18H,1,10H2. The number of aliphatic hydroxyl groups excluding tert-OH is 1. The van der Waals surface area contributed by atoms with Crippen molar-refractivity contribution >= 4 is 34.0 Å². The Kier molecular flexibility index (Phi) is 4.25. The van der Waals surface area contributed by atoms with Crippen LogP contribution in [0.5, 0.6) is 0 Å². The van der Waals surface area contributed by atoms with Gasteiger partial charge in [0.05, 0.1) is 0 Å². The second kappa shape index (κ2) is 5.91. The van der Waals surface area contributed by atoms with Crippen LogP contribution in [0, 0.1) is 3.57 Å². The normalized spacial score (nSPS) is 10.1. The minimum Gasteiger partial charge on any atom is -0.508 e. The molecule has 2 aromatic carbocycles. The number of hydrogen-bond donors (Lipinski definition) is 2. The zero-order chi connectivity index (χ0) is 13.0. The van der Waals surface area contributed by atoms with Crippen molar-refractivity contribution in [2.75, 3.05) is 5.32 Å².